The van der Waals surface area contributed by atoms with E-state index in [-0.39, 0.29) is 0 Å². The Morgan fingerprint density at radius 2 is 2.44 bits per heavy atom. The van der Waals surface area contributed by atoms with Gasteiger partial charge in [-0.15, -0.1) is 6.58 Å². The lowest BCUT2D eigenvalue weighted by atomic mass is 10.3. The second-order valence-electron chi connectivity index (χ2n) is 1.73. The van der Waals surface area contributed by atoms with E-state index in [1.165, 1.54) is 0 Å². The molecule has 0 aliphatic heterocycles. The summed E-state index contributed by atoms with van der Waals surface area (Å²) in [5.41, 5.74) is 1.01. The predicted octanol–water partition coefficient (Wildman–Crippen LogP) is 1.31. The van der Waals surface area contributed by atoms with Crippen LogP contribution in [-0.4, -0.2) is 6.61 Å². The summed E-state index contributed by atoms with van der Waals surface area (Å²) in [5, 5.41) is 0. The van der Waals surface area contributed by atoms with E-state index in [2.05, 4.69) is 22.0 Å². The fourth-order valence-corrected chi connectivity index (χ4v) is 0.707. The first kappa shape index (κ1) is 9.07. The molecule has 0 radical (unpaired) electrons. The van der Waals surface area contributed by atoms with Crippen LogP contribution in [0.15, 0.2) is 12.2 Å². The van der Waals surface area contributed by atoms with Crippen LogP contribution in [-0.2, 0) is 29.2 Å². The molecule has 2 nitrogen and oxygen atoms in total. The van der Waals surface area contributed by atoms with Gasteiger partial charge in [-0.25, -0.2) is 11.2 Å². The Morgan fingerprint density at radius 1 is 1.89 bits per heavy atom. The quantitative estimate of drug-likeness (QED) is 0.464. The fourth-order valence-electron chi connectivity index (χ4n) is 0.284. The molecule has 0 amide bonds. The smallest absolute Gasteiger partial charge is 0.0294 e. The van der Waals surface area contributed by atoms with Gasteiger partial charge in [0.1, 0.15) is 0 Å². The molecule has 0 unspecified atom stereocenters. The van der Waals surface area contributed by atoms with Crippen molar-refractivity contribution < 1.29 is 8.39 Å². The summed E-state index contributed by atoms with van der Waals surface area (Å²) in [6.07, 6.45) is 0.725. The maximum atomic E-state index is 10.1. The average molecular weight is 165 g/mol. The summed E-state index contributed by atoms with van der Waals surface area (Å²) in [5.74, 6) is 0. The highest BCUT2D eigenvalue weighted by Gasteiger charge is 1.81. The van der Waals surface area contributed by atoms with Gasteiger partial charge in [0.25, 0.3) is 0 Å². The molecule has 54 valence electrons. The van der Waals surface area contributed by atoms with Gasteiger partial charge in [-0.1, -0.05) is 15.2 Å². The van der Waals surface area contributed by atoms with Crippen molar-refractivity contribution in [1.29, 1.82) is 0 Å². The molecule has 0 atom stereocenters. The molecule has 0 heterocycles. The second kappa shape index (κ2) is 4.90. The molecular weight excluding hydrogens is 156 g/mol. The first-order valence-electron chi connectivity index (χ1n) is 2.50. The third kappa shape index (κ3) is 8.07. The highest BCUT2D eigenvalue weighted by molar-refractivity contribution is 8.19. The summed E-state index contributed by atoms with van der Waals surface area (Å²) in [7, 11) is -1.54. The Morgan fingerprint density at radius 3 is 2.78 bits per heavy atom. The van der Waals surface area contributed by atoms with Gasteiger partial charge in [-0.05, 0) is 13.3 Å². The van der Waals surface area contributed by atoms with Crippen LogP contribution in [0.25, 0.3) is 0 Å². The highest BCUT2D eigenvalue weighted by Crippen LogP contribution is 1.94. The molecule has 0 aromatic heterocycles. The van der Waals surface area contributed by atoms with E-state index in [1.54, 1.807) is 0 Å². The third-order valence-electron chi connectivity index (χ3n) is 0.708. The Kier molecular flexibility index (Phi) is 4.94. The SMILES string of the molecule is C=C(C)CCO[S-](=O)=S. The van der Waals surface area contributed by atoms with Crippen molar-refractivity contribution in [2.75, 3.05) is 6.61 Å². The van der Waals surface area contributed by atoms with Crippen LogP contribution in [0, 0.1) is 0 Å². The third-order valence-corrected chi connectivity index (χ3v) is 1.36. The second-order valence-corrected chi connectivity index (χ2v) is 3.19. The van der Waals surface area contributed by atoms with Crippen molar-refractivity contribution in [3.8, 4) is 0 Å². The lowest BCUT2D eigenvalue weighted by Gasteiger charge is -2.02. The zero-order valence-electron chi connectivity index (χ0n) is 5.25. The molecule has 0 aliphatic carbocycles. The monoisotopic (exact) mass is 165 g/mol. The van der Waals surface area contributed by atoms with Gasteiger partial charge < -0.3 is 8.39 Å². The molecule has 0 rings (SSSR count). The molecule has 0 N–H and O–H groups in total. The van der Waals surface area contributed by atoms with Crippen LogP contribution in [0.1, 0.15) is 13.3 Å². The Bertz CT molecular complexity index is 152. The number of hydrogen-bond acceptors (Lipinski definition) is 4. The van der Waals surface area contributed by atoms with Gasteiger partial charge in [0.05, 0.1) is 0 Å². The van der Waals surface area contributed by atoms with E-state index >= 15 is 0 Å². The van der Waals surface area contributed by atoms with E-state index < -0.39 is 9.64 Å². The summed E-state index contributed by atoms with van der Waals surface area (Å²) < 4.78 is 14.7. The van der Waals surface area contributed by atoms with E-state index in [9.17, 15) is 4.21 Å². The van der Waals surface area contributed by atoms with Gasteiger partial charge in [0.15, 0.2) is 0 Å². The first-order valence-corrected chi connectivity index (χ1v) is 4.50. The Labute approximate surface area is 61.8 Å². The van der Waals surface area contributed by atoms with Crippen molar-refractivity contribution in [3.63, 3.8) is 0 Å². The maximum Gasteiger partial charge on any atom is 0.0294 e. The average Bonchev–Trinajstić information content (AvgIpc) is 1.63. The predicted molar refractivity (Wildman–Crippen MR) is 40.8 cm³/mol. The molecule has 0 bridgehead atoms. The van der Waals surface area contributed by atoms with Crippen molar-refractivity contribution in [2.45, 2.75) is 13.3 Å². The van der Waals surface area contributed by atoms with E-state index in [0.717, 1.165) is 12.0 Å². The minimum Gasteiger partial charge on any atom is -0.443 e. The Balaban J connectivity index is 3.21. The van der Waals surface area contributed by atoms with Crippen LogP contribution in [0.2, 0.25) is 0 Å². The van der Waals surface area contributed by atoms with Gasteiger partial charge in [-0.3, -0.25) is 0 Å². The summed E-state index contributed by atoms with van der Waals surface area (Å²) in [4.78, 5) is 0. The molecule has 4 heteroatoms. The maximum absolute atomic E-state index is 10.1. The van der Waals surface area contributed by atoms with Crippen molar-refractivity contribution >= 4 is 20.8 Å². The molecule has 9 heavy (non-hydrogen) atoms. The molecule has 0 saturated heterocycles. The largest absolute Gasteiger partial charge is 0.443 e. The summed E-state index contributed by atoms with van der Waals surface area (Å²) >= 11 is 4.25. The fraction of sp³-hybridized carbons (Fsp3) is 0.600. The topological polar surface area (TPSA) is 26.3 Å². The molecule has 0 fully saturated rings. The minimum atomic E-state index is -1.54. The Hall–Kier alpha value is 0.0700. The van der Waals surface area contributed by atoms with Crippen LogP contribution < -0.4 is 0 Å². The molecule has 0 spiro atoms. The molecule has 0 aliphatic rings. The lowest BCUT2D eigenvalue weighted by molar-refractivity contribution is 0.355. The lowest BCUT2D eigenvalue weighted by Crippen LogP contribution is -1.90. The van der Waals surface area contributed by atoms with E-state index in [0.29, 0.717) is 6.61 Å². The van der Waals surface area contributed by atoms with Gasteiger partial charge in [0.2, 0.25) is 0 Å². The van der Waals surface area contributed by atoms with E-state index in [1.807, 2.05) is 6.92 Å². The van der Waals surface area contributed by atoms with Gasteiger partial charge >= 0.3 is 0 Å². The summed E-state index contributed by atoms with van der Waals surface area (Å²) in [6, 6.07) is 0. The van der Waals surface area contributed by atoms with Crippen molar-refractivity contribution in [2.24, 2.45) is 0 Å². The normalized spacial score (nSPS) is 10.0. The van der Waals surface area contributed by atoms with Crippen molar-refractivity contribution in [3.05, 3.63) is 12.2 Å². The molecule has 0 saturated carbocycles. The summed E-state index contributed by atoms with van der Waals surface area (Å²) in [6.45, 7) is 5.93. The van der Waals surface area contributed by atoms with Crippen LogP contribution in [0.4, 0.5) is 0 Å². The first-order chi connectivity index (χ1) is 4.13. The number of rotatable bonds is 4. The minimum absolute atomic E-state index is 0.408. The van der Waals surface area contributed by atoms with E-state index in [4.69, 9.17) is 0 Å². The molecule has 0 aromatic rings. The highest BCUT2D eigenvalue weighted by atomic mass is 32.8. The molecular formula is C5H9O2S2-. The van der Waals surface area contributed by atoms with Crippen molar-refractivity contribution in [1.82, 2.24) is 0 Å². The van der Waals surface area contributed by atoms with Crippen LogP contribution in [0.5, 0.6) is 0 Å². The van der Waals surface area contributed by atoms with Gasteiger partial charge in [0, 0.05) is 6.61 Å². The van der Waals surface area contributed by atoms with Gasteiger partial charge in [-0.2, -0.15) is 0 Å². The standard InChI is InChI=1S/C5H9O2S2/c1-5(2)3-4-7-9(6)8/h1,3-4H2,2H3/q-1. The molecule has 0 aromatic carbocycles. The zero-order valence-corrected chi connectivity index (χ0v) is 6.89. The van der Waals surface area contributed by atoms with Crippen LogP contribution in [0.3, 0.4) is 0 Å². The van der Waals surface area contributed by atoms with Crippen LogP contribution >= 0.6 is 0 Å². The zero-order chi connectivity index (χ0) is 7.28. The number of hydrogen-bond donors (Lipinski definition) is 0.